The van der Waals surface area contributed by atoms with Crippen LogP contribution in [0.5, 0.6) is 0 Å². The third-order valence-electron chi connectivity index (χ3n) is 3.56. The van der Waals surface area contributed by atoms with E-state index in [1.54, 1.807) is 4.90 Å². The Balaban J connectivity index is 1.99. The summed E-state index contributed by atoms with van der Waals surface area (Å²) in [7, 11) is 0. The zero-order chi connectivity index (χ0) is 13.8. The molecule has 0 aromatic heterocycles. The number of hydrogen-bond acceptors (Lipinski definition) is 3. The van der Waals surface area contributed by atoms with E-state index < -0.39 is 4.92 Å². The second-order valence-electron chi connectivity index (χ2n) is 4.65. The van der Waals surface area contributed by atoms with Crippen LogP contribution < -0.4 is 0 Å². The number of nitro benzene ring substituents is 1. The molecule has 0 N–H and O–H groups in total. The highest BCUT2D eigenvalue weighted by atomic mass is 16.6. The van der Waals surface area contributed by atoms with Gasteiger partial charge < -0.3 is 4.90 Å². The molecule has 1 aliphatic heterocycles. The molecule has 0 unspecified atom stereocenters. The highest BCUT2D eigenvalue weighted by Gasteiger charge is 2.22. The van der Waals surface area contributed by atoms with Crippen LogP contribution >= 0.6 is 0 Å². The highest BCUT2D eigenvalue weighted by molar-refractivity contribution is 5.87. The van der Waals surface area contributed by atoms with Crippen molar-refractivity contribution in [1.82, 2.24) is 4.90 Å². The number of nitrogens with zero attached hydrogens (tertiary/aromatic N) is 2. The van der Waals surface area contributed by atoms with Crippen molar-refractivity contribution in [3.8, 4) is 0 Å². The fourth-order valence-corrected chi connectivity index (χ4v) is 2.43. The van der Waals surface area contributed by atoms with E-state index in [2.05, 4.69) is 6.58 Å². The topological polar surface area (TPSA) is 63.5 Å². The van der Waals surface area contributed by atoms with Gasteiger partial charge in [-0.2, -0.15) is 0 Å². The van der Waals surface area contributed by atoms with Crippen molar-refractivity contribution < 1.29 is 9.72 Å². The summed E-state index contributed by atoms with van der Waals surface area (Å²) in [5.74, 6) is 0.344. The number of non-ortho nitro benzene ring substituents is 1. The van der Waals surface area contributed by atoms with Crippen molar-refractivity contribution in [3.05, 3.63) is 52.6 Å². The van der Waals surface area contributed by atoms with Crippen LogP contribution in [0, 0.1) is 10.1 Å². The van der Waals surface area contributed by atoms with Gasteiger partial charge in [-0.25, -0.2) is 0 Å². The number of benzene rings is 1. The molecular weight excluding hydrogens is 244 g/mol. The lowest BCUT2D eigenvalue weighted by atomic mass is 9.89. The van der Waals surface area contributed by atoms with Crippen LogP contribution in [0.15, 0.2) is 36.9 Å². The van der Waals surface area contributed by atoms with Gasteiger partial charge in [-0.05, 0) is 30.4 Å². The molecule has 0 saturated carbocycles. The minimum atomic E-state index is -0.394. The normalized spacial score (nSPS) is 16.1. The van der Waals surface area contributed by atoms with Crippen LogP contribution in [0.25, 0.3) is 0 Å². The van der Waals surface area contributed by atoms with E-state index in [0.717, 1.165) is 18.4 Å². The van der Waals surface area contributed by atoms with E-state index in [1.807, 2.05) is 12.1 Å². The summed E-state index contributed by atoms with van der Waals surface area (Å²) in [6, 6.07) is 6.70. The van der Waals surface area contributed by atoms with Gasteiger partial charge in [-0.3, -0.25) is 14.9 Å². The second kappa shape index (κ2) is 5.65. The minimum absolute atomic E-state index is 0.0258. The molecular formula is C14H16N2O3. The Morgan fingerprint density at radius 2 is 1.89 bits per heavy atom. The maximum absolute atomic E-state index is 11.5. The van der Waals surface area contributed by atoms with Gasteiger partial charge in [-0.1, -0.05) is 18.7 Å². The second-order valence-corrected chi connectivity index (χ2v) is 4.65. The molecule has 0 bridgehead atoms. The Morgan fingerprint density at radius 3 is 2.37 bits per heavy atom. The fraction of sp³-hybridized carbons (Fsp3) is 0.357. The van der Waals surface area contributed by atoms with Crippen molar-refractivity contribution >= 4 is 11.6 Å². The first-order valence-electron chi connectivity index (χ1n) is 6.27. The number of nitro groups is 1. The standard InChI is InChI=1S/C14H16N2O3/c1-2-14(17)15-9-7-12(8-10-15)11-3-5-13(6-4-11)16(18)19/h2-6,12H,1,7-10H2. The quantitative estimate of drug-likeness (QED) is 0.476. The summed E-state index contributed by atoms with van der Waals surface area (Å²) >= 11 is 0. The number of likely N-dealkylation sites (tertiary alicyclic amines) is 1. The van der Waals surface area contributed by atoms with Gasteiger partial charge in [-0.15, -0.1) is 0 Å². The van der Waals surface area contributed by atoms with Crippen LogP contribution in [0.1, 0.15) is 24.3 Å². The van der Waals surface area contributed by atoms with E-state index in [9.17, 15) is 14.9 Å². The predicted octanol–water partition coefficient (Wildman–Crippen LogP) is 2.49. The molecule has 1 amide bonds. The van der Waals surface area contributed by atoms with Gasteiger partial charge in [0.15, 0.2) is 0 Å². The summed E-state index contributed by atoms with van der Waals surface area (Å²) in [6.07, 6.45) is 3.11. The first kappa shape index (κ1) is 13.3. The zero-order valence-electron chi connectivity index (χ0n) is 10.6. The van der Waals surface area contributed by atoms with Crippen molar-refractivity contribution in [2.75, 3.05) is 13.1 Å². The van der Waals surface area contributed by atoms with Crippen LogP contribution in [0.4, 0.5) is 5.69 Å². The summed E-state index contributed by atoms with van der Waals surface area (Å²) in [5, 5.41) is 10.6. The molecule has 0 spiro atoms. The predicted molar refractivity (Wildman–Crippen MR) is 71.8 cm³/mol. The molecule has 1 heterocycles. The highest BCUT2D eigenvalue weighted by Crippen LogP contribution is 2.29. The van der Waals surface area contributed by atoms with Gasteiger partial charge >= 0.3 is 0 Å². The Hall–Kier alpha value is -2.17. The van der Waals surface area contributed by atoms with Crippen LogP contribution in [-0.4, -0.2) is 28.8 Å². The van der Waals surface area contributed by atoms with Crippen LogP contribution in [-0.2, 0) is 4.79 Å². The van der Waals surface area contributed by atoms with Gasteiger partial charge in [0.2, 0.25) is 5.91 Å². The molecule has 1 fully saturated rings. The molecule has 0 radical (unpaired) electrons. The van der Waals surface area contributed by atoms with E-state index in [0.29, 0.717) is 19.0 Å². The zero-order valence-corrected chi connectivity index (χ0v) is 10.6. The van der Waals surface area contributed by atoms with Crippen molar-refractivity contribution in [2.45, 2.75) is 18.8 Å². The van der Waals surface area contributed by atoms with Gasteiger partial charge in [0, 0.05) is 25.2 Å². The molecule has 1 aromatic rings. The van der Waals surface area contributed by atoms with Crippen LogP contribution in [0.2, 0.25) is 0 Å². The molecule has 19 heavy (non-hydrogen) atoms. The third kappa shape index (κ3) is 2.99. The molecule has 5 heteroatoms. The van der Waals surface area contributed by atoms with E-state index in [4.69, 9.17) is 0 Å². The van der Waals surface area contributed by atoms with E-state index in [-0.39, 0.29) is 11.6 Å². The maximum Gasteiger partial charge on any atom is 0.269 e. The minimum Gasteiger partial charge on any atom is -0.339 e. The Bertz CT molecular complexity index is 488. The first-order valence-corrected chi connectivity index (χ1v) is 6.27. The largest absolute Gasteiger partial charge is 0.339 e. The smallest absolute Gasteiger partial charge is 0.269 e. The lowest BCUT2D eigenvalue weighted by Gasteiger charge is -2.31. The number of amides is 1. The lowest BCUT2D eigenvalue weighted by Crippen LogP contribution is -2.36. The summed E-state index contributed by atoms with van der Waals surface area (Å²) < 4.78 is 0. The molecule has 0 aliphatic carbocycles. The van der Waals surface area contributed by atoms with Crippen molar-refractivity contribution in [1.29, 1.82) is 0 Å². The lowest BCUT2D eigenvalue weighted by molar-refractivity contribution is -0.384. The first-order chi connectivity index (χ1) is 9.11. The maximum atomic E-state index is 11.5. The Morgan fingerprint density at radius 1 is 1.32 bits per heavy atom. The molecule has 100 valence electrons. The monoisotopic (exact) mass is 260 g/mol. The molecule has 1 saturated heterocycles. The summed E-state index contributed by atoms with van der Waals surface area (Å²) in [5.41, 5.74) is 1.22. The van der Waals surface area contributed by atoms with E-state index >= 15 is 0 Å². The number of rotatable bonds is 3. The van der Waals surface area contributed by atoms with Gasteiger partial charge in [0.1, 0.15) is 0 Å². The summed E-state index contributed by atoms with van der Waals surface area (Å²) in [4.78, 5) is 23.4. The Kier molecular flexibility index (Phi) is 3.94. The summed E-state index contributed by atoms with van der Waals surface area (Å²) in [6.45, 7) is 4.91. The van der Waals surface area contributed by atoms with E-state index in [1.165, 1.54) is 18.2 Å². The van der Waals surface area contributed by atoms with Crippen molar-refractivity contribution in [2.24, 2.45) is 0 Å². The number of hydrogen-bond donors (Lipinski definition) is 0. The molecule has 0 atom stereocenters. The van der Waals surface area contributed by atoms with Gasteiger partial charge in [0.05, 0.1) is 4.92 Å². The average Bonchev–Trinajstić information content (AvgIpc) is 2.46. The number of carbonyl (C=O) groups is 1. The third-order valence-corrected chi connectivity index (χ3v) is 3.56. The fourth-order valence-electron chi connectivity index (χ4n) is 2.43. The SMILES string of the molecule is C=CC(=O)N1CCC(c2ccc([N+](=O)[O-])cc2)CC1. The molecule has 2 rings (SSSR count). The average molecular weight is 260 g/mol. The Labute approximate surface area is 111 Å². The number of carbonyl (C=O) groups excluding carboxylic acids is 1. The van der Waals surface area contributed by atoms with Gasteiger partial charge in [0.25, 0.3) is 5.69 Å². The molecule has 5 nitrogen and oxygen atoms in total. The number of piperidine rings is 1. The van der Waals surface area contributed by atoms with Crippen molar-refractivity contribution in [3.63, 3.8) is 0 Å². The van der Waals surface area contributed by atoms with Crippen LogP contribution in [0.3, 0.4) is 0 Å². The molecule has 1 aliphatic rings. The molecule has 1 aromatic carbocycles.